The Balaban J connectivity index is 1.80. The molecule has 0 saturated carbocycles. The Bertz CT molecular complexity index is 835. The second-order valence-electron chi connectivity index (χ2n) is 6.85. The van der Waals surface area contributed by atoms with Crippen molar-refractivity contribution < 1.29 is 0 Å². The SMILES string of the molecule is CNCC(C)c1c[nH]c2c3c(ccc12)C(c1ccccc1)CNC3. The highest BCUT2D eigenvalue weighted by Crippen LogP contribution is 2.36. The molecule has 0 fully saturated rings. The molecule has 0 bridgehead atoms. The van der Waals surface area contributed by atoms with Gasteiger partial charge in [-0.05, 0) is 35.2 Å². The lowest BCUT2D eigenvalue weighted by Crippen LogP contribution is -2.29. The van der Waals surface area contributed by atoms with Crippen molar-refractivity contribution in [2.75, 3.05) is 20.1 Å². The lowest BCUT2D eigenvalue weighted by Gasteiger charge is -2.27. The summed E-state index contributed by atoms with van der Waals surface area (Å²) in [5.74, 6) is 0.934. The van der Waals surface area contributed by atoms with Gasteiger partial charge < -0.3 is 15.6 Å². The fraction of sp³-hybridized carbons (Fsp3) is 0.333. The third kappa shape index (κ3) is 2.54. The highest BCUT2D eigenvalue weighted by Gasteiger charge is 2.24. The molecular weight excluding hydrogens is 294 g/mol. The van der Waals surface area contributed by atoms with Gasteiger partial charge in [-0.25, -0.2) is 0 Å². The summed E-state index contributed by atoms with van der Waals surface area (Å²) in [6.45, 7) is 5.22. The first kappa shape index (κ1) is 15.4. The number of nitrogens with one attached hydrogen (secondary N) is 3. The van der Waals surface area contributed by atoms with Crippen molar-refractivity contribution in [1.82, 2.24) is 15.6 Å². The monoisotopic (exact) mass is 319 g/mol. The summed E-state index contributed by atoms with van der Waals surface area (Å²) in [7, 11) is 2.02. The third-order valence-electron chi connectivity index (χ3n) is 5.30. The number of hydrogen-bond donors (Lipinski definition) is 3. The van der Waals surface area contributed by atoms with E-state index >= 15 is 0 Å². The zero-order chi connectivity index (χ0) is 16.5. The quantitative estimate of drug-likeness (QED) is 0.686. The van der Waals surface area contributed by atoms with Crippen molar-refractivity contribution >= 4 is 10.9 Å². The van der Waals surface area contributed by atoms with Gasteiger partial charge in [0.1, 0.15) is 0 Å². The number of likely N-dealkylation sites (N-methyl/N-ethyl adjacent to an activating group) is 1. The fourth-order valence-electron chi connectivity index (χ4n) is 4.07. The van der Waals surface area contributed by atoms with Gasteiger partial charge in [-0.1, -0.05) is 49.4 Å². The molecule has 4 rings (SSSR count). The molecule has 0 saturated heterocycles. The summed E-state index contributed by atoms with van der Waals surface area (Å²) in [5.41, 5.74) is 6.99. The van der Waals surface area contributed by atoms with Crippen LogP contribution in [0.4, 0.5) is 0 Å². The molecule has 124 valence electrons. The standard InChI is InChI=1S/C21H25N3/c1-14(10-22-2)18-13-24-21-17(18)9-8-16-19(11-23-12-20(16)21)15-6-4-3-5-7-15/h3-9,13-14,19,22-24H,10-12H2,1-2H3. The van der Waals surface area contributed by atoms with Crippen LogP contribution in [0.15, 0.2) is 48.7 Å². The maximum atomic E-state index is 3.61. The number of hydrogen-bond acceptors (Lipinski definition) is 2. The van der Waals surface area contributed by atoms with Gasteiger partial charge in [-0.3, -0.25) is 0 Å². The van der Waals surface area contributed by atoms with Gasteiger partial charge in [0.05, 0.1) is 5.52 Å². The van der Waals surface area contributed by atoms with Crippen molar-refractivity contribution in [2.24, 2.45) is 0 Å². The average Bonchev–Trinajstić information content (AvgIpc) is 3.07. The van der Waals surface area contributed by atoms with E-state index in [0.717, 1.165) is 19.6 Å². The molecule has 2 aromatic carbocycles. The summed E-state index contributed by atoms with van der Waals surface area (Å²) < 4.78 is 0. The molecule has 1 aliphatic heterocycles. The van der Waals surface area contributed by atoms with Crippen molar-refractivity contribution in [3.05, 3.63) is 70.9 Å². The van der Waals surface area contributed by atoms with Crippen LogP contribution in [0.25, 0.3) is 10.9 Å². The molecule has 1 aromatic heterocycles. The minimum absolute atomic E-state index is 0.431. The summed E-state index contributed by atoms with van der Waals surface area (Å²) >= 11 is 0. The molecule has 2 heterocycles. The Morgan fingerprint density at radius 3 is 2.79 bits per heavy atom. The van der Waals surface area contributed by atoms with E-state index in [-0.39, 0.29) is 0 Å². The van der Waals surface area contributed by atoms with Crippen LogP contribution in [0.1, 0.15) is 41.0 Å². The van der Waals surface area contributed by atoms with Crippen molar-refractivity contribution in [2.45, 2.75) is 25.3 Å². The van der Waals surface area contributed by atoms with E-state index in [1.165, 1.54) is 33.2 Å². The van der Waals surface area contributed by atoms with Crippen molar-refractivity contribution in [3.63, 3.8) is 0 Å². The average molecular weight is 319 g/mol. The summed E-state index contributed by atoms with van der Waals surface area (Å²) in [5, 5.41) is 8.27. The number of aromatic amines is 1. The van der Waals surface area contributed by atoms with E-state index in [9.17, 15) is 0 Å². The van der Waals surface area contributed by atoms with E-state index in [2.05, 4.69) is 71.2 Å². The molecule has 3 nitrogen and oxygen atoms in total. The minimum Gasteiger partial charge on any atom is -0.361 e. The van der Waals surface area contributed by atoms with Crippen LogP contribution in [0, 0.1) is 0 Å². The van der Waals surface area contributed by atoms with Gasteiger partial charge in [-0.15, -0.1) is 0 Å². The van der Waals surface area contributed by atoms with Crippen LogP contribution in [-0.4, -0.2) is 25.1 Å². The van der Waals surface area contributed by atoms with Crippen LogP contribution in [0.5, 0.6) is 0 Å². The first-order chi connectivity index (χ1) is 11.8. The molecule has 0 radical (unpaired) electrons. The number of rotatable bonds is 4. The van der Waals surface area contributed by atoms with E-state index in [4.69, 9.17) is 0 Å². The van der Waals surface area contributed by atoms with Crippen molar-refractivity contribution in [3.8, 4) is 0 Å². The topological polar surface area (TPSA) is 39.9 Å². The molecule has 24 heavy (non-hydrogen) atoms. The summed E-state index contributed by atoms with van der Waals surface area (Å²) in [6.07, 6.45) is 2.19. The lowest BCUT2D eigenvalue weighted by molar-refractivity contribution is 0.594. The van der Waals surface area contributed by atoms with Crippen LogP contribution in [0.2, 0.25) is 0 Å². The predicted octanol–water partition coefficient (Wildman–Crippen LogP) is 3.73. The third-order valence-corrected chi connectivity index (χ3v) is 5.30. The van der Waals surface area contributed by atoms with Crippen LogP contribution < -0.4 is 10.6 Å². The Morgan fingerprint density at radius 2 is 2.00 bits per heavy atom. The normalized spacial score (nSPS) is 18.5. The highest BCUT2D eigenvalue weighted by atomic mass is 14.9. The maximum Gasteiger partial charge on any atom is 0.0505 e. The Labute approximate surface area is 143 Å². The van der Waals surface area contributed by atoms with E-state index in [1.54, 1.807) is 0 Å². The highest BCUT2D eigenvalue weighted by molar-refractivity contribution is 5.88. The molecule has 3 heteroatoms. The molecule has 2 atom stereocenters. The van der Waals surface area contributed by atoms with Gasteiger partial charge in [0, 0.05) is 37.1 Å². The van der Waals surface area contributed by atoms with Crippen molar-refractivity contribution in [1.29, 1.82) is 0 Å². The number of benzene rings is 2. The van der Waals surface area contributed by atoms with Gasteiger partial charge in [0.25, 0.3) is 0 Å². The van der Waals surface area contributed by atoms with Crippen LogP contribution >= 0.6 is 0 Å². The van der Waals surface area contributed by atoms with Crippen LogP contribution in [0.3, 0.4) is 0 Å². The first-order valence-electron chi connectivity index (χ1n) is 8.82. The number of fused-ring (bicyclic) bond motifs is 3. The maximum absolute atomic E-state index is 3.61. The molecule has 2 unspecified atom stereocenters. The smallest absolute Gasteiger partial charge is 0.0505 e. The lowest BCUT2D eigenvalue weighted by atomic mass is 9.84. The number of H-pyrrole nitrogens is 1. The number of aromatic nitrogens is 1. The van der Waals surface area contributed by atoms with Gasteiger partial charge in [0.15, 0.2) is 0 Å². The largest absolute Gasteiger partial charge is 0.361 e. The first-order valence-corrected chi connectivity index (χ1v) is 8.82. The Morgan fingerprint density at radius 1 is 1.17 bits per heavy atom. The second kappa shape index (κ2) is 6.42. The molecule has 3 aromatic rings. The van der Waals surface area contributed by atoms with Gasteiger partial charge in [0.2, 0.25) is 0 Å². The van der Waals surface area contributed by atoms with E-state index in [1.807, 2.05) is 7.05 Å². The Kier molecular flexibility index (Phi) is 4.13. The molecule has 0 amide bonds. The zero-order valence-corrected chi connectivity index (χ0v) is 14.4. The summed E-state index contributed by atoms with van der Waals surface area (Å²) in [4.78, 5) is 3.56. The second-order valence-corrected chi connectivity index (χ2v) is 6.85. The molecular formula is C21H25N3. The Hall–Kier alpha value is -2.10. The van der Waals surface area contributed by atoms with Gasteiger partial charge >= 0.3 is 0 Å². The van der Waals surface area contributed by atoms with Crippen LogP contribution in [-0.2, 0) is 6.54 Å². The zero-order valence-electron chi connectivity index (χ0n) is 14.4. The fourth-order valence-corrected chi connectivity index (χ4v) is 4.07. The van der Waals surface area contributed by atoms with E-state index in [0.29, 0.717) is 11.8 Å². The van der Waals surface area contributed by atoms with E-state index < -0.39 is 0 Å². The molecule has 0 aliphatic carbocycles. The molecule has 1 aliphatic rings. The van der Waals surface area contributed by atoms with Gasteiger partial charge in [-0.2, -0.15) is 0 Å². The summed E-state index contributed by atoms with van der Waals surface area (Å²) in [6, 6.07) is 15.5. The predicted molar refractivity (Wildman–Crippen MR) is 101 cm³/mol. The minimum atomic E-state index is 0.431. The molecule has 0 spiro atoms. The molecule has 3 N–H and O–H groups in total.